The summed E-state index contributed by atoms with van der Waals surface area (Å²) in [5, 5.41) is 2.98. The number of hydrogen-bond donors (Lipinski definition) is 1. The molecule has 0 unspecified atom stereocenters. The molecule has 162 valence electrons. The zero-order valence-corrected chi connectivity index (χ0v) is 17.9. The molecule has 1 heterocycles. The van der Waals surface area contributed by atoms with Gasteiger partial charge in [-0.2, -0.15) is 0 Å². The van der Waals surface area contributed by atoms with E-state index < -0.39 is 5.92 Å². The van der Waals surface area contributed by atoms with E-state index in [9.17, 15) is 9.59 Å². The van der Waals surface area contributed by atoms with E-state index in [2.05, 4.69) is 11.4 Å². The van der Waals surface area contributed by atoms with Gasteiger partial charge in [0.1, 0.15) is 0 Å². The highest BCUT2D eigenvalue weighted by atomic mass is 16.5. The first-order valence-electron chi connectivity index (χ1n) is 10.6. The SMILES string of the molecule is COc1ccc(NC(=O)[C@H]2CC=C[C@H]3CCN(Cc4ccccc4)C(=O)[C@@H]23)cc1OC. The normalized spacial score (nSPS) is 22.6. The molecule has 1 aliphatic carbocycles. The van der Waals surface area contributed by atoms with Crippen LogP contribution < -0.4 is 14.8 Å². The maximum absolute atomic E-state index is 13.4. The minimum absolute atomic E-state index is 0.0666. The van der Waals surface area contributed by atoms with Crippen molar-refractivity contribution in [2.45, 2.75) is 19.4 Å². The van der Waals surface area contributed by atoms with E-state index in [4.69, 9.17) is 9.47 Å². The number of anilines is 1. The molecule has 1 aliphatic heterocycles. The van der Waals surface area contributed by atoms with Crippen LogP contribution >= 0.6 is 0 Å². The van der Waals surface area contributed by atoms with E-state index >= 15 is 0 Å². The lowest BCUT2D eigenvalue weighted by Gasteiger charge is -2.41. The second kappa shape index (κ2) is 9.25. The average Bonchev–Trinajstić information content (AvgIpc) is 2.81. The summed E-state index contributed by atoms with van der Waals surface area (Å²) in [6.07, 6.45) is 5.59. The van der Waals surface area contributed by atoms with E-state index in [1.807, 2.05) is 41.3 Å². The second-order valence-corrected chi connectivity index (χ2v) is 8.05. The Balaban J connectivity index is 1.50. The number of carbonyl (C=O) groups excluding carboxylic acids is 2. The van der Waals surface area contributed by atoms with Gasteiger partial charge in [-0.15, -0.1) is 0 Å². The standard InChI is InChI=1S/C25H28N2O4/c1-30-21-12-11-19(15-22(21)31-2)26-24(28)20-10-6-9-18-13-14-27(25(29)23(18)20)16-17-7-4-3-5-8-17/h3-9,11-12,15,18,20,23H,10,13-14,16H2,1-2H3,(H,26,28)/t18-,20-,23+/m0/s1. The highest BCUT2D eigenvalue weighted by Gasteiger charge is 2.44. The van der Waals surface area contributed by atoms with Gasteiger partial charge in [-0.3, -0.25) is 9.59 Å². The number of piperidine rings is 1. The quantitative estimate of drug-likeness (QED) is 0.720. The van der Waals surface area contributed by atoms with Gasteiger partial charge in [0.25, 0.3) is 0 Å². The molecule has 2 aliphatic rings. The maximum Gasteiger partial charge on any atom is 0.228 e. The van der Waals surface area contributed by atoms with Crippen molar-refractivity contribution in [3.63, 3.8) is 0 Å². The van der Waals surface area contributed by atoms with Gasteiger partial charge >= 0.3 is 0 Å². The number of allylic oxidation sites excluding steroid dienone is 2. The molecule has 4 rings (SSSR count). The number of rotatable bonds is 6. The number of nitrogens with one attached hydrogen (secondary N) is 1. The molecular weight excluding hydrogens is 392 g/mol. The van der Waals surface area contributed by atoms with Crippen molar-refractivity contribution < 1.29 is 19.1 Å². The number of benzene rings is 2. The second-order valence-electron chi connectivity index (χ2n) is 8.05. The summed E-state index contributed by atoms with van der Waals surface area (Å²) in [6, 6.07) is 15.3. The molecule has 1 N–H and O–H groups in total. The first kappa shape index (κ1) is 21.0. The predicted octanol–water partition coefficient (Wildman–Crippen LogP) is 3.88. The summed E-state index contributed by atoms with van der Waals surface area (Å²) >= 11 is 0. The Labute approximate surface area is 182 Å². The number of likely N-dealkylation sites (tertiary alicyclic amines) is 1. The van der Waals surface area contributed by atoms with Crippen LogP contribution in [0.5, 0.6) is 11.5 Å². The molecule has 0 bridgehead atoms. The number of nitrogens with zero attached hydrogens (tertiary/aromatic N) is 1. The molecule has 1 saturated heterocycles. The molecule has 6 heteroatoms. The van der Waals surface area contributed by atoms with Crippen LogP contribution in [0, 0.1) is 17.8 Å². The van der Waals surface area contributed by atoms with Gasteiger partial charge in [-0.1, -0.05) is 42.5 Å². The largest absolute Gasteiger partial charge is 0.493 e. The molecule has 2 amide bonds. The van der Waals surface area contributed by atoms with Gasteiger partial charge in [0, 0.05) is 24.8 Å². The van der Waals surface area contributed by atoms with Crippen LogP contribution in [0.1, 0.15) is 18.4 Å². The van der Waals surface area contributed by atoms with Gasteiger partial charge < -0.3 is 19.7 Å². The molecule has 0 radical (unpaired) electrons. The number of carbonyl (C=O) groups is 2. The highest BCUT2D eigenvalue weighted by molar-refractivity contribution is 5.97. The van der Waals surface area contributed by atoms with Gasteiger partial charge in [0.2, 0.25) is 11.8 Å². The zero-order valence-electron chi connectivity index (χ0n) is 17.9. The van der Waals surface area contributed by atoms with Crippen molar-refractivity contribution in [3.05, 3.63) is 66.2 Å². The van der Waals surface area contributed by atoms with Crippen LogP contribution in [0.4, 0.5) is 5.69 Å². The van der Waals surface area contributed by atoms with E-state index in [-0.39, 0.29) is 23.7 Å². The van der Waals surface area contributed by atoms with Crippen molar-refractivity contribution >= 4 is 17.5 Å². The number of ether oxygens (including phenoxy) is 2. The van der Waals surface area contributed by atoms with Crippen molar-refractivity contribution in [2.75, 3.05) is 26.1 Å². The lowest BCUT2D eigenvalue weighted by atomic mass is 9.71. The number of methoxy groups -OCH3 is 2. The summed E-state index contributed by atoms with van der Waals surface area (Å²) < 4.78 is 10.6. The van der Waals surface area contributed by atoms with Crippen LogP contribution in [0.15, 0.2) is 60.7 Å². The van der Waals surface area contributed by atoms with Gasteiger partial charge in [0.15, 0.2) is 11.5 Å². The van der Waals surface area contributed by atoms with E-state index in [0.717, 1.165) is 12.0 Å². The average molecular weight is 421 g/mol. The number of hydrogen-bond acceptors (Lipinski definition) is 4. The Morgan fingerprint density at radius 3 is 2.61 bits per heavy atom. The van der Waals surface area contributed by atoms with Crippen LogP contribution in [0.3, 0.4) is 0 Å². The summed E-state index contributed by atoms with van der Waals surface area (Å²) in [6.45, 7) is 1.29. The van der Waals surface area contributed by atoms with Crippen molar-refractivity contribution in [1.29, 1.82) is 0 Å². The van der Waals surface area contributed by atoms with Crippen LogP contribution in [-0.4, -0.2) is 37.5 Å². The molecule has 6 nitrogen and oxygen atoms in total. The van der Waals surface area contributed by atoms with Gasteiger partial charge in [-0.25, -0.2) is 0 Å². The molecular formula is C25H28N2O4. The summed E-state index contributed by atoms with van der Waals surface area (Å²) in [4.78, 5) is 28.5. The van der Waals surface area contributed by atoms with Crippen LogP contribution in [-0.2, 0) is 16.1 Å². The third-order valence-electron chi connectivity index (χ3n) is 6.20. The van der Waals surface area contributed by atoms with Crippen molar-refractivity contribution in [1.82, 2.24) is 4.90 Å². The smallest absolute Gasteiger partial charge is 0.228 e. The minimum atomic E-state index is -0.394. The maximum atomic E-state index is 13.4. The molecule has 0 aromatic heterocycles. The van der Waals surface area contributed by atoms with Crippen LogP contribution in [0.25, 0.3) is 0 Å². The lowest BCUT2D eigenvalue weighted by molar-refractivity contribution is -0.147. The Bertz CT molecular complexity index is 973. The molecule has 0 saturated carbocycles. The summed E-state index contributed by atoms with van der Waals surface area (Å²) in [5.41, 5.74) is 1.73. The van der Waals surface area contributed by atoms with Crippen molar-refractivity contribution in [2.24, 2.45) is 17.8 Å². The van der Waals surface area contributed by atoms with Crippen molar-refractivity contribution in [3.8, 4) is 11.5 Å². The van der Waals surface area contributed by atoms with E-state index in [0.29, 0.717) is 36.7 Å². The van der Waals surface area contributed by atoms with Gasteiger partial charge in [-0.05, 0) is 36.5 Å². The number of fused-ring (bicyclic) bond motifs is 1. The highest BCUT2D eigenvalue weighted by Crippen LogP contribution is 2.39. The monoisotopic (exact) mass is 420 g/mol. The number of amides is 2. The van der Waals surface area contributed by atoms with E-state index in [1.165, 1.54) is 0 Å². The predicted molar refractivity (Wildman–Crippen MR) is 119 cm³/mol. The van der Waals surface area contributed by atoms with Crippen LogP contribution in [0.2, 0.25) is 0 Å². The summed E-state index contributed by atoms with van der Waals surface area (Å²) in [7, 11) is 3.13. The zero-order chi connectivity index (χ0) is 21.8. The minimum Gasteiger partial charge on any atom is -0.493 e. The molecule has 0 spiro atoms. The fourth-order valence-corrected chi connectivity index (χ4v) is 4.60. The first-order chi connectivity index (χ1) is 15.1. The Kier molecular flexibility index (Phi) is 6.26. The first-order valence-corrected chi connectivity index (χ1v) is 10.6. The topological polar surface area (TPSA) is 67.9 Å². The molecule has 31 heavy (non-hydrogen) atoms. The molecule has 1 fully saturated rings. The molecule has 2 aromatic carbocycles. The lowest BCUT2D eigenvalue weighted by Crippen LogP contribution is -2.50. The summed E-state index contributed by atoms with van der Waals surface area (Å²) in [5.74, 6) is 0.453. The third-order valence-corrected chi connectivity index (χ3v) is 6.20. The van der Waals surface area contributed by atoms with E-state index in [1.54, 1.807) is 32.4 Å². The van der Waals surface area contributed by atoms with Gasteiger partial charge in [0.05, 0.1) is 26.1 Å². The fraction of sp³-hybridized carbons (Fsp3) is 0.360. The fourth-order valence-electron chi connectivity index (χ4n) is 4.60. The Morgan fingerprint density at radius 2 is 1.87 bits per heavy atom. The Morgan fingerprint density at radius 1 is 1.10 bits per heavy atom. The molecule has 3 atom stereocenters. The third kappa shape index (κ3) is 4.43. The Hall–Kier alpha value is -3.28. The molecule has 2 aromatic rings.